The maximum atomic E-state index is 12.2. The fraction of sp³-hybridized carbons (Fsp3) is 0.273. The summed E-state index contributed by atoms with van der Waals surface area (Å²) < 4.78 is 1.04. The van der Waals surface area contributed by atoms with Crippen molar-refractivity contribution in [3.63, 3.8) is 0 Å². The van der Waals surface area contributed by atoms with Crippen molar-refractivity contribution >= 4 is 49.6 Å². The van der Waals surface area contributed by atoms with Gasteiger partial charge in [-0.15, -0.1) is 11.3 Å². The van der Waals surface area contributed by atoms with Crippen LogP contribution in [-0.4, -0.2) is 22.8 Å². The SMILES string of the molecule is Cc1nc(N)sc1C(=O)N(C)Cc1cc(Br)cs1. The molecule has 0 saturated carbocycles. The molecule has 0 aliphatic carbocycles. The molecule has 4 nitrogen and oxygen atoms in total. The smallest absolute Gasteiger partial charge is 0.265 e. The lowest BCUT2D eigenvalue weighted by Gasteiger charge is -2.15. The van der Waals surface area contributed by atoms with Crippen LogP contribution in [0, 0.1) is 6.92 Å². The van der Waals surface area contributed by atoms with Gasteiger partial charge in [0.1, 0.15) is 4.88 Å². The van der Waals surface area contributed by atoms with Crippen LogP contribution in [0.2, 0.25) is 0 Å². The van der Waals surface area contributed by atoms with Crippen molar-refractivity contribution in [2.75, 3.05) is 12.8 Å². The van der Waals surface area contributed by atoms with Gasteiger partial charge in [0.15, 0.2) is 5.13 Å². The number of nitrogens with zero attached hydrogens (tertiary/aromatic N) is 2. The molecule has 0 bridgehead atoms. The first kappa shape index (κ1) is 13.5. The Bertz CT molecular complexity index is 579. The van der Waals surface area contributed by atoms with E-state index >= 15 is 0 Å². The third kappa shape index (κ3) is 2.90. The number of carbonyl (C=O) groups is 1. The van der Waals surface area contributed by atoms with Crippen molar-refractivity contribution in [2.24, 2.45) is 0 Å². The Morgan fingerprint density at radius 1 is 1.61 bits per heavy atom. The van der Waals surface area contributed by atoms with E-state index in [1.807, 2.05) is 11.4 Å². The molecule has 1 amide bonds. The van der Waals surface area contributed by atoms with Crippen LogP contribution >= 0.6 is 38.6 Å². The molecule has 7 heteroatoms. The van der Waals surface area contributed by atoms with E-state index in [-0.39, 0.29) is 5.91 Å². The van der Waals surface area contributed by atoms with Crippen LogP contribution < -0.4 is 5.73 Å². The summed E-state index contributed by atoms with van der Waals surface area (Å²) in [6.45, 7) is 2.39. The van der Waals surface area contributed by atoms with E-state index in [0.29, 0.717) is 22.2 Å². The summed E-state index contributed by atoms with van der Waals surface area (Å²) in [5.41, 5.74) is 6.30. The second kappa shape index (κ2) is 5.38. The number of nitrogen functional groups attached to an aromatic ring is 1. The van der Waals surface area contributed by atoms with E-state index in [9.17, 15) is 4.79 Å². The zero-order valence-corrected chi connectivity index (χ0v) is 13.2. The Labute approximate surface area is 122 Å². The summed E-state index contributed by atoms with van der Waals surface area (Å²) >= 11 is 6.26. The van der Waals surface area contributed by atoms with Crippen molar-refractivity contribution in [1.82, 2.24) is 9.88 Å². The van der Waals surface area contributed by atoms with Gasteiger partial charge < -0.3 is 10.6 Å². The maximum absolute atomic E-state index is 12.2. The molecule has 96 valence electrons. The first-order valence-corrected chi connectivity index (χ1v) is 7.67. The molecule has 0 atom stereocenters. The summed E-state index contributed by atoms with van der Waals surface area (Å²) in [5.74, 6) is -0.0359. The highest BCUT2D eigenvalue weighted by molar-refractivity contribution is 9.10. The molecule has 0 fully saturated rings. The van der Waals surface area contributed by atoms with Crippen LogP contribution in [0.5, 0.6) is 0 Å². The lowest BCUT2D eigenvalue weighted by Crippen LogP contribution is -2.25. The molecule has 0 aromatic carbocycles. The van der Waals surface area contributed by atoms with Crippen LogP contribution in [0.15, 0.2) is 15.9 Å². The van der Waals surface area contributed by atoms with Crippen molar-refractivity contribution in [3.05, 3.63) is 31.4 Å². The predicted octanol–water partition coefficient (Wildman–Crippen LogP) is 3.13. The number of halogens is 1. The zero-order chi connectivity index (χ0) is 13.3. The van der Waals surface area contributed by atoms with Crippen LogP contribution in [0.3, 0.4) is 0 Å². The second-order valence-corrected chi connectivity index (χ2v) is 6.80. The Morgan fingerprint density at radius 2 is 2.33 bits per heavy atom. The molecule has 2 N–H and O–H groups in total. The number of hydrogen-bond donors (Lipinski definition) is 1. The number of aryl methyl sites for hydroxylation is 1. The normalized spacial score (nSPS) is 10.6. The Morgan fingerprint density at radius 3 is 2.83 bits per heavy atom. The van der Waals surface area contributed by atoms with Gasteiger partial charge >= 0.3 is 0 Å². The summed E-state index contributed by atoms with van der Waals surface area (Å²) in [6.07, 6.45) is 0. The van der Waals surface area contributed by atoms with Gasteiger partial charge in [0.05, 0.1) is 12.2 Å². The average molecular weight is 346 g/mol. The third-order valence-corrected chi connectivity index (χ3v) is 5.03. The summed E-state index contributed by atoms with van der Waals surface area (Å²) in [5, 5.41) is 2.44. The van der Waals surface area contributed by atoms with Crippen LogP contribution in [0.25, 0.3) is 0 Å². The van der Waals surface area contributed by atoms with Gasteiger partial charge in [0.2, 0.25) is 0 Å². The molecular formula is C11H12BrN3OS2. The molecule has 0 saturated heterocycles. The highest BCUT2D eigenvalue weighted by Gasteiger charge is 2.18. The van der Waals surface area contributed by atoms with E-state index in [1.165, 1.54) is 11.3 Å². The minimum atomic E-state index is -0.0359. The number of nitrogens with two attached hydrogens (primary N) is 1. The van der Waals surface area contributed by atoms with E-state index in [1.54, 1.807) is 30.2 Å². The van der Waals surface area contributed by atoms with Gasteiger partial charge in [0.25, 0.3) is 5.91 Å². The van der Waals surface area contributed by atoms with Gasteiger partial charge in [-0.25, -0.2) is 4.98 Å². The number of thiophene rings is 1. The highest BCUT2D eigenvalue weighted by atomic mass is 79.9. The minimum absolute atomic E-state index is 0.0359. The lowest BCUT2D eigenvalue weighted by molar-refractivity contribution is 0.0790. The molecule has 2 heterocycles. The first-order valence-electron chi connectivity index (χ1n) is 5.18. The van der Waals surface area contributed by atoms with E-state index < -0.39 is 0 Å². The van der Waals surface area contributed by atoms with Crippen LogP contribution in [-0.2, 0) is 6.54 Å². The molecule has 0 unspecified atom stereocenters. The summed E-state index contributed by atoms with van der Waals surface area (Å²) in [4.78, 5) is 19.7. The zero-order valence-electron chi connectivity index (χ0n) is 9.94. The van der Waals surface area contributed by atoms with Crippen molar-refractivity contribution in [3.8, 4) is 0 Å². The topological polar surface area (TPSA) is 59.2 Å². The molecule has 18 heavy (non-hydrogen) atoms. The quantitative estimate of drug-likeness (QED) is 0.929. The average Bonchev–Trinajstić information content (AvgIpc) is 2.84. The highest BCUT2D eigenvalue weighted by Crippen LogP contribution is 2.24. The number of amides is 1. The fourth-order valence-corrected chi connectivity index (χ4v) is 3.86. The predicted molar refractivity (Wildman–Crippen MR) is 79.1 cm³/mol. The van der Waals surface area contributed by atoms with Gasteiger partial charge in [-0.3, -0.25) is 4.79 Å². The third-order valence-electron chi connectivity index (χ3n) is 2.37. The van der Waals surface area contributed by atoms with Crippen LogP contribution in [0.4, 0.5) is 5.13 Å². The van der Waals surface area contributed by atoms with Crippen LogP contribution in [0.1, 0.15) is 20.2 Å². The maximum Gasteiger partial charge on any atom is 0.265 e. The fourth-order valence-electron chi connectivity index (χ4n) is 1.53. The van der Waals surface area contributed by atoms with Crippen molar-refractivity contribution in [1.29, 1.82) is 0 Å². The lowest BCUT2D eigenvalue weighted by atomic mass is 10.3. The van der Waals surface area contributed by atoms with E-state index in [4.69, 9.17) is 5.73 Å². The van der Waals surface area contributed by atoms with Crippen molar-refractivity contribution in [2.45, 2.75) is 13.5 Å². The molecule has 2 aromatic heterocycles. The molecule has 2 rings (SSSR count). The Kier molecular flexibility index (Phi) is 4.04. The summed E-state index contributed by atoms with van der Waals surface area (Å²) in [6, 6.07) is 2.02. The van der Waals surface area contributed by atoms with E-state index in [0.717, 1.165) is 9.35 Å². The van der Waals surface area contributed by atoms with Gasteiger partial charge in [-0.2, -0.15) is 0 Å². The number of carbonyl (C=O) groups excluding carboxylic acids is 1. The standard InChI is InChI=1S/C11H12BrN3OS2/c1-6-9(18-11(13)14-6)10(16)15(2)4-8-3-7(12)5-17-8/h3,5H,4H2,1-2H3,(H2,13,14). The molecule has 0 spiro atoms. The number of hydrogen-bond acceptors (Lipinski definition) is 5. The van der Waals surface area contributed by atoms with Gasteiger partial charge in [0, 0.05) is 21.8 Å². The number of rotatable bonds is 3. The molecule has 2 aromatic rings. The number of thiazole rings is 1. The monoisotopic (exact) mass is 345 g/mol. The number of anilines is 1. The Hall–Kier alpha value is -0.920. The minimum Gasteiger partial charge on any atom is -0.375 e. The Balaban J connectivity index is 2.11. The molecular weight excluding hydrogens is 334 g/mol. The number of aromatic nitrogens is 1. The van der Waals surface area contributed by atoms with Crippen molar-refractivity contribution < 1.29 is 4.79 Å². The molecule has 0 aliphatic heterocycles. The molecule has 0 radical (unpaired) electrons. The van der Waals surface area contributed by atoms with Gasteiger partial charge in [-0.1, -0.05) is 11.3 Å². The first-order chi connectivity index (χ1) is 8.47. The largest absolute Gasteiger partial charge is 0.375 e. The second-order valence-electron chi connectivity index (χ2n) is 3.86. The van der Waals surface area contributed by atoms with Gasteiger partial charge in [-0.05, 0) is 28.9 Å². The molecule has 0 aliphatic rings. The van der Waals surface area contributed by atoms with E-state index in [2.05, 4.69) is 20.9 Å². The summed E-state index contributed by atoms with van der Waals surface area (Å²) in [7, 11) is 1.78.